The number of hydrogen-bond donors (Lipinski definition) is 1. The van der Waals surface area contributed by atoms with E-state index in [0.717, 1.165) is 25.4 Å². The SMILES string of the molecule is CCCCNCCOc1ccc(C)cc1. The first-order valence-electron chi connectivity index (χ1n) is 5.73. The molecule has 0 saturated heterocycles. The minimum Gasteiger partial charge on any atom is -0.492 e. The highest BCUT2D eigenvalue weighted by atomic mass is 16.5. The van der Waals surface area contributed by atoms with Crippen molar-refractivity contribution >= 4 is 0 Å². The van der Waals surface area contributed by atoms with Gasteiger partial charge in [0.25, 0.3) is 0 Å². The largest absolute Gasteiger partial charge is 0.492 e. The number of unbranched alkanes of at least 4 members (excludes halogenated alkanes) is 1. The summed E-state index contributed by atoms with van der Waals surface area (Å²) in [5.41, 5.74) is 1.27. The van der Waals surface area contributed by atoms with Crippen LogP contribution in [-0.4, -0.2) is 19.7 Å². The van der Waals surface area contributed by atoms with Crippen molar-refractivity contribution in [1.82, 2.24) is 5.32 Å². The fourth-order valence-corrected chi connectivity index (χ4v) is 1.30. The Morgan fingerprint density at radius 1 is 1.13 bits per heavy atom. The molecule has 0 unspecified atom stereocenters. The van der Waals surface area contributed by atoms with Gasteiger partial charge < -0.3 is 10.1 Å². The molecule has 2 nitrogen and oxygen atoms in total. The maximum Gasteiger partial charge on any atom is 0.119 e. The van der Waals surface area contributed by atoms with Crippen LogP contribution >= 0.6 is 0 Å². The van der Waals surface area contributed by atoms with Crippen LogP contribution in [0.2, 0.25) is 0 Å². The summed E-state index contributed by atoms with van der Waals surface area (Å²) in [4.78, 5) is 0. The molecule has 0 spiro atoms. The van der Waals surface area contributed by atoms with Gasteiger partial charge in [-0.15, -0.1) is 0 Å². The molecule has 1 aromatic carbocycles. The molecular formula is C13H21NO. The van der Waals surface area contributed by atoms with E-state index in [1.807, 2.05) is 12.1 Å². The van der Waals surface area contributed by atoms with Gasteiger partial charge in [-0.3, -0.25) is 0 Å². The summed E-state index contributed by atoms with van der Waals surface area (Å²) < 4.78 is 5.58. The summed E-state index contributed by atoms with van der Waals surface area (Å²) in [5.74, 6) is 0.956. The molecule has 0 heterocycles. The molecule has 15 heavy (non-hydrogen) atoms. The highest BCUT2D eigenvalue weighted by molar-refractivity contribution is 5.26. The van der Waals surface area contributed by atoms with E-state index in [-0.39, 0.29) is 0 Å². The van der Waals surface area contributed by atoms with Crippen molar-refractivity contribution in [1.29, 1.82) is 0 Å². The average Bonchev–Trinajstić information content (AvgIpc) is 2.26. The number of aryl methyl sites for hydroxylation is 1. The second-order valence-electron chi connectivity index (χ2n) is 3.77. The molecule has 0 aliphatic carbocycles. The zero-order chi connectivity index (χ0) is 10.9. The Labute approximate surface area is 92.6 Å². The standard InChI is InChI=1S/C13H21NO/c1-3-4-9-14-10-11-15-13-7-5-12(2)6-8-13/h5-8,14H,3-4,9-11H2,1-2H3. The highest BCUT2D eigenvalue weighted by Crippen LogP contribution is 2.10. The van der Waals surface area contributed by atoms with E-state index in [1.54, 1.807) is 0 Å². The lowest BCUT2D eigenvalue weighted by Gasteiger charge is -2.07. The zero-order valence-corrected chi connectivity index (χ0v) is 9.75. The van der Waals surface area contributed by atoms with Crippen molar-refractivity contribution < 1.29 is 4.74 Å². The zero-order valence-electron chi connectivity index (χ0n) is 9.75. The minimum atomic E-state index is 0.743. The fourth-order valence-electron chi connectivity index (χ4n) is 1.30. The van der Waals surface area contributed by atoms with Gasteiger partial charge in [0.05, 0.1) is 0 Å². The summed E-state index contributed by atoms with van der Waals surface area (Å²) in [6, 6.07) is 8.17. The summed E-state index contributed by atoms with van der Waals surface area (Å²) in [5, 5.41) is 3.34. The average molecular weight is 207 g/mol. The van der Waals surface area contributed by atoms with E-state index < -0.39 is 0 Å². The maximum atomic E-state index is 5.58. The summed E-state index contributed by atoms with van der Waals surface area (Å²) in [7, 11) is 0. The van der Waals surface area contributed by atoms with Crippen LogP contribution in [-0.2, 0) is 0 Å². The Bertz CT molecular complexity index is 256. The summed E-state index contributed by atoms with van der Waals surface area (Å²) >= 11 is 0. The lowest BCUT2D eigenvalue weighted by Crippen LogP contribution is -2.21. The Balaban J connectivity index is 2.07. The predicted molar refractivity (Wildman–Crippen MR) is 64.5 cm³/mol. The summed E-state index contributed by atoms with van der Waals surface area (Å²) in [6.45, 7) is 7.04. The van der Waals surface area contributed by atoms with Crippen molar-refractivity contribution in [2.45, 2.75) is 26.7 Å². The molecule has 0 saturated carbocycles. The second kappa shape index (κ2) is 7.30. The molecule has 0 fully saturated rings. The van der Waals surface area contributed by atoms with Gasteiger partial charge >= 0.3 is 0 Å². The number of rotatable bonds is 7. The van der Waals surface area contributed by atoms with Crippen molar-refractivity contribution in [3.05, 3.63) is 29.8 Å². The van der Waals surface area contributed by atoms with Crippen LogP contribution in [0.3, 0.4) is 0 Å². The van der Waals surface area contributed by atoms with Crippen LogP contribution in [0, 0.1) is 6.92 Å². The molecule has 0 amide bonds. The molecule has 0 radical (unpaired) electrons. The Kier molecular flexibility index (Phi) is 5.86. The molecule has 0 aliphatic heterocycles. The first-order valence-corrected chi connectivity index (χ1v) is 5.73. The molecule has 1 aromatic rings. The van der Waals surface area contributed by atoms with E-state index in [0.29, 0.717) is 0 Å². The molecule has 0 aromatic heterocycles. The second-order valence-corrected chi connectivity index (χ2v) is 3.77. The molecule has 2 heteroatoms. The van der Waals surface area contributed by atoms with Crippen LogP contribution < -0.4 is 10.1 Å². The van der Waals surface area contributed by atoms with E-state index in [9.17, 15) is 0 Å². The molecule has 0 aliphatic rings. The summed E-state index contributed by atoms with van der Waals surface area (Å²) in [6.07, 6.45) is 2.48. The smallest absolute Gasteiger partial charge is 0.119 e. The van der Waals surface area contributed by atoms with Crippen LogP contribution in [0.1, 0.15) is 25.3 Å². The van der Waals surface area contributed by atoms with Gasteiger partial charge in [-0.2, -0.15) is 0 Å². The van der Waals surface area contributed by atoms with Crippen LogP contribution in [0.4, 0.5) is 0 Å². The van der Waals surface area contributed by atoms with Gasteiger partial charge in [0.15, 0.2) is 0 Å². The van der Waals surface area contributed by atoms with E-state index >= 15 is 0 Å². The molecule has 1 rings (SSSR count). The van der Waals surface area contributed by atoms with E-state index in [4.69, 9.17) is 4.74 Å². The maximum absolute atomic E-state index is 5.58. The molecular weight excluding hydrogens is 186 g/mol. The molecule has 0 atom stereocenters. The Hall–Kier alpha value is -1.02. The van der Waals surface area contributed by atoms with E-state index in [2.05, 4.69) is 31.3 Å². The molecule has 0 bridgehead atoms. The Morgan fingerprint density at radius 2 is 1.87 bits per heavy atom. The number of hydrogen-bond acceptors (Lipinski definition) is 2. The minimum absolute atomic E-state index is 0.743. The van der Waals surface area contributed by atoms with Gasteiger partial charge in [0.2, 0.25) is 0 Å². The number of nitrogens with one attached hydrogen (secondary N) is 1. The monoisotopic (exact) mass is 207 g/mol. The third-order valence-electron chi connectivity index (χ3n) is 2.28. The molecule has 84 valence electrons. The topological polar surface area (TPSA) is 21.3 Å². The van der Waals surface area contributed by atoms with Crippen LogP contribution in [0.25, 0.3) is 0 Å². The van der Waals surface area contributed by atoms with Crippen molar-refractivity contribution in [2.75, 3.05) is 19.7 Å². The van der Waals surface area contributed by atoms with Crippen molar-refractivity contribution in [3.63, 3.8) is 0 Å². The number of benzene rings is 1. The Morgan fingerprint density at radius 3 is 2.53 bits per heavy atom. The van der Waals surface area contributed by atoms with Gasteiger partial charge in [-0.25, -0.2) is 0 Å². The van der Waals surface area contributed by atoms with Crippen LogP contribution in [0.5, 0.6) is 5.75 Å². The van der Waals surface area contributed by atoms with Gasteiger partial charge in [0.1, 0.15) is 12.4 Å². The predicted octanol–water partition coefficient (Wildman–Crippen LogP) is 2.76. The van der Waals surface area contributed by atoms with Gasteiger partial charge in [-0.1, -0.05) is 31.0 Å². The normalized spacial score (nSPS) is 10.3. The van der Waals surface area contributed by atoms with Crippen molar-refractivity contribution in [2.24, 2.45) is 0 Å². The van der Waals surface area contributed by atoms with E-state index in [1.165, 1.54) is 18.4 Å². The quantitative estimate of drug-likeness (QED) is 0.694. The van der Waals surface area contributed by atoms with Crippen molar-refractivity contribution in [3.8, 4) is 5.75 Å². The van der Waals surface area contributed by atoms with Crippen LogP contribution in [0.15, 0.2) is 24.3 Å². The van der Waals surface area contributed by atoms with Gasteiger partial charge in [0, 0.05) is 6.54 Å². The first-order chi connectivity index (χ1) is 7.33. The highest BCUT2D eigenvalue weighted by Gasteiger charge is 1.92. The van der Waals surface area contributed by atoms with Gasteiger partial charge in [-0.05, 0) is 32.0 Å². The lowest BCUT2D eigenvalue weighted by molar-refractivity contribution is 0.314. The third kappa shape index (κ3) is 5.43. The third-order valence-corrected chi connectivity index (χ3v) is 2.28. The number of ether oxygens (including phenoxy) is 1. The first kappa shape index (κ1) is 12.1. The fraction of sp³-hybridized carbons (Fsp3) is 0.538. The molecule has 1 N–H and O–H groups in total. The lowest BCUT2D eigenvalue weighted by atomic mass is 10.2.